The van der Waals surface area contributed by atoms with Crippen LogP contribution in [-0.4, -0.2) is 43.8 Å². The number of amides is 1. The van der Waals surface area contributed by atoms with Crippen molar-refractivity contribution in [3.8, 4) is 0 Å². The molecular formula is C23H25ClN4O3S2. The molecule has 174 valence electrons. The third-order valence-electron chi connectivity index (χ3n) is 5.75. The molecule has 1 N–H and O–H groups in total. The number of nitrogens with one attached hydrogen (secondary N) is 1. The van der Waals surface area contributed by atoms with E-state index in [1.165, 1.54) is 21.7 Å². The maximum Gasteiger partial charge on any atom is 0.289 e. The van der Waals surface area contributed by atoms with Crippen molar-refractivity contribution in [3.63, 3.8) is 0 Å². The van der Waals surface area contributed by atoms with Crippen LogP contribution in [0.1, 0.15) is 39.8 Å². The summed E-state index contributed by atoms with van der Waals surface area (Å²) in [5, 5.41) is 4.71. The highest BCUT2D eigenvalue weighted by Gasteiger charge is 2.31. The molecule has 1 aromatic heterocycles. The summed E-state index contributed by atoms with van der Waals surface area (Å²) in [6, 6.07) is 14.4. The van der Waals surface area contributed by atoms with Gasteiger partial charge in [0.05, 0.1) is 15.6 Å². The van der Waals surface area contributed by atoms with Crippen molar-refractivity contribution in [2.24, 2.45) is 0 Å². The second-order valence-corrected chi connectivity index (χ2v) is 11.2. The molecule has 1 aliphatic rings. The van der Waals surface area contributed by atoms with Crippen molar-refractivity contribution in [1.29, 1.82) is 0 Å². The molecule has 3 aromatic rings. The van der Waals surface area contributed by atoms with Gasteiger partial charge in [0.2, 0.25) is 10.0 Å². The highest BCUT2D eigenvalue weighted by molar-refractivity contribution is 7.89. The Kier molecular flexibility index (Phi) is 7.04. The lowest BCUT2D eigenvalue weighted by Crippen LogP contribution is -2.39. The van der Waals surface area contributed by atoms with Gasteiger partial charge < -0.3 is 0 Å². The molecule has 0 radical (unpaired) electrons. The molecule has 1 amide bonds. The Bertz CT molecular complexity index is 1240. The van der Waals surface area contributed by atoms with Gasteiger partial charge in [-0.25, -0.2) is 13.4 Å². The van der Waals surface area contributed by atoms with Crippen LogP contribution in [0.4, 0.5) is 5.69 Å². The molecule has 33 heavy (non-hydrogen) atoms. The zero-order chi connectivity index (χ0) is 23.6. The molecule has 2 aromatic carbocycles. The molecule has 0 aliphatic carbocycles. The summed E-state index contributed by atoms with van der Waals surface area (Å²) in [5.74, 6) is -0.156. The van der Waals surface area contributed by atoms with Gasteiger partial charge in [-0.05, 0) is 49.6 Å². The number of nitrogens with zero attached hydrogens (tertiary/aromatic N) is 3. The van der Waals surface area contributed by atoms with Gasteiger partial charge in [0, 0.05) is 36.5 Å². The number of carbonyl (C=O) groups excluding carboxylic acids is 1. The smallest absolute Gasteiger partial charge is 0.288 e. The number of sulfonamides is 1. The maximum atomic E-state index is 13.0. The summed E-state index contributed by atoms with van der Waals surface area (Å²) in [6.07, 6.45) is 1.30. The number of thiazole rings is 1. The van der Waals surface area contributed by atoms with Gasteiger partial charge in [-0.3, -0.25) is 15.2 Å². The Hall–Kier alpha value is -2.46. The van der Waals surface area contributed by atoms with Crippen LogP contribution in [-0.2, 0) is 10.0 Å². The van der Waals surface area contributed by atoms with Gasteiger partial charge in [-0.2, -0.15) is 4.31 Å². The fourth-order valence-electron chi connectivity index (χ4n) is 3.73. The predicted molar refractivity (Wildman–Crippen MR) is 131 cm³/mol. The molecular weight excluding hydrogens is 480 g/mol. The summed E-state index contributed by atoms with van der Waals surface area (Å²) in [5.41, 5.74) is 4.89. The van der Waals surface area contributed by atoms with Crippen LogP contribution >= 0.6 is 22.9 Å². The molecule has 1 fully saturated rings. The van der Waals surface area contributed by atoms with Crippen LogP contribution in [0.5, 0.6) is 0 Å². The van der Waals surface area contributed by atoms with Gasteiger partial charge in [0.25, 0.3) is 5.91 Å². The van der Waals surface area contributed by atoms with Crippen molar-refractivity contribution in [2.45, 2.75) is 30.6 Å². The largest absolute Gasteiger partial charge is 0.289 e. The van der Waals surface area contributed by atoms with Gasteiger partial charge >= 0.3 is 0 Å². The Morgan fingerprint density at radius 1 is 1.18 bits per heavy atom. The van der Waals surface area contributed by atoms with E-state index < -0.39 is 10.0 Å². The average Bonchev–Trinajstić information content (AvgIpc) is 3.32. The van der Waals surface area contributed by atoms with Gasteiger partial charge in [-0.15, -0.1) is 11.3 Å². The Morgan fingerprint density at radius 3 is 2.55 bits per heavy atom. The fraction of sp³-hybridized carbons (Fsp3) is 0.304. The Morgan fingerprint density at radius 2 is 1.88 bits per heavy atom. The highest BCUT2D eigenvalue weighted by atomic mass is 35.5. The number of piperidine rings is 1. The first-order valence-electron chi connectivity index (χ1n) is 10.6. The minimum atomic E-state index is -3.59. The van der Waals surface area contributed by atoms with Crippen LogP contribution in [0.15, 0.2) is 58.8 Å². The molecule has 0 saturated carbocycles. The number of carbonyl (C=O) groups is 1. The molecule has 0 atom stereocenters. The van der Waals surface area contributed by atoms with Crippen molar-refractivity contribution in [2.75, 3.05) is 25.1 Å². The number of hydrazine groups is 1. The summed E-state index contributed by atoms with van der Waals surface area (Å²) < 4.78 is 27.5. The van der Waals surface area contributed by atoms with E-state index in [-0.39, 0.29) is 16.7 Å². The van der Waals surface area contributed by atoms with Crippen molar-refractivity contribution in [3.05, 3.63) is 75.2 Å². The second-order valence-electron chi connectivity index (χ2n) is 8.00. The molecule has 0 spiro atoms. The van der Waals surface area contributed by atoms with Gasteiger partial charge in [0.15, 0.2) is 0 Å². The van der Waals surface area contributed by atoms with Crippen molar-refractivity contribution >= 4 is 44.6 Å². The number of hydrogen-bond donors (Lipinski definition) is 1. The van der Waals surface area contributed by atoms with Crippen LogP contribution in [0, 0.1) is 6.92 Å². The average molecular weight is 505 g/mol. The lowest BCUT2D eigenvalue weighted by molar-refractivity contribution is 0.0947. The zero-order valence-electron chi connectivity index (χ0n) is 18.4. The summed E-state index contributed by atoms with van der Waals surface area (Å²) in [7, 11) is -1.82. The van der Waals surface area contributed by atoms with E-state index >= 15 is 0 Å². The number of rotatable bonds is 6. The standard InChI is InChI=1S/C23H25ClN4O3S2/c1-16-8-9-19(14-20(16)24)33(30,31)28-12-10-17(11-13-28)23-25-21(15-32-23)22(29)26-27(2)18-6-4-3-5-7-18/h3-9,14-15,17H,10-13H2,1-2H3,(H,26,29). The van der Waals surface area contributed by atoms with E-state index in [9.17, 15) is 13.2 Å². The molecule has 4 rings (SSSR count). The van der Waals surface area contributed by atoms with E-state index in [0.717, 1.165) is 16.3 Å². The SMILES string of the molecule is Cc1ccc(S(=O)(=O)N2CCC(c3nc(C(=O)NN(C)c4ccccc4)cs3)CC2)cc1Cl. The first kappa shape index (κ1) is 23.7. The summed E-state index contributed by atoms with van der Waals surface area (Å²) in [6.45, 7) is 2.64. The monoisotopic (exact) mass is 504 g/mol. The van der Waals surface area contributed by atoms with Gasteiger partial charge in [0.1, 0.15) is 5.69 Å². The molecule has 1 saturated heterocycles. The van der Waals surface area contributed by atoms with E-state index in [1.807, 2.05) is 37.3 Å². The predicted octanol–water partition coefficient (Wildman–Crippen LogP) is 4.45. The van der Waals surface area contributed by atoms with Crippen LogP contribution in [0.2, 0.25) is 5.02 Å². The summed E-state index contributed by atoms with van der Waals surface area (Å²) in [4.78, 5) is 17.4. The molecule has 0 bridgehead atoms. The van der Waals surface area contributed by atoms with Crippen LogP contribution in [0.25, 0.3) is 0 Å². The van der Waals surface area contributed by atoms with Gasteiger partial charge in [-0.1, -0.05) is 35.9 Å². The minimum absolute atomic E-state index is 0.122. The number of benzene rings is 2. The lowest BCUT2D eigenvalue weighted by Gasteiger charge is -2.30. The van der Waals surface area contributed by atoms with E-state index in [1.54, 1.807) is 29.6 Å². The third kappa shape index (κ3) is 5.22. The summed E-state index contributed by atoms with van der Waals surface area (Å²) >= 11 is 7.57. The number of anilines is 1. The molecule has 1 aliphatic heterocycles. The molecule has 10 heteroatoms. The quantitative estimate of drug-likeness (QED) is 0.501. The Labute approximate surface area is 203 Å². The minimum Gasteiger partial charge on any atom is -0.288 e. The molecule has 7 nitrogen and oxygen atoms in total. The molecule has 2 heterocycles. The zero-order valence-corrected chi connectivity index (χ0v) is 20.8. The highest BCUT2D eigenvalue weighted by Crippen LogP contribution is 2.33. The number of halogens is 1. The third-order valence-corrected chi connectivity index (χ3v) is 9.06. The normalized spacial score (nSPS) is 15.4. The van der Waals surface area contributed by atoms with E-state index in [2.05, 4.69) is 10.4 Å². The van der Waals surface area contributed by atoms with Crippen LogP contribution < -0.4 is 10.4 Å². The van der Waals surface area contributed by atoms with Crippen molar-refractivity contribution in [1.82, 2.24) is 14.7 Å². The fourth-order valence-corrected chi connectivity index (χ4v) is 6.44. The first-order chi connectivity index (χ1) is 15.8. The first-order valence-corrected chi connectivity index (χ1v) is 13.3. The second kappa shape index (κ2) is 9.80. The number of para-hydroxylation sites is 1. The maximum absolute atomic E-state index is 13.0. The molecule has 0 unspecified atom stereocenters. The topological polar surface area (TPSA) is 82.6 Å². The Balaban J connectivity index is 1.37. The van der Waals surface area contributed by atoms with E-state index in [4.69, 9.17) is 11.6 Å². The number of aryl methyl sites for hydroxylation is 1. The van der Waals surface area contributed by atoms with Crippen LogP contribution in [0.3, 0.4) is 0 Å². The van der Waals surface area contributed by atoms with Crippen molar-refractivity contribution < 1.29 is 13.2 Å². The lowest BCUT2D eigenvalue weighted by atomic mass is 9.99. The number of hydrogen-bond acceptors (Lipinski definition) is 6. The number of aromatic nitrogens is 1. The van der Waals surface area contributed by atoms with E-state index in [0.29, 0.717) is 36.6 Å².